The van der Waals surface area contributed by atoms with Crippen LogP contribution in [0.5, 0.6) is 5.75 Å². The van der Waals surface area contributed by atoms with Crippen LogP contribution in [0.15, 0.2) is 41.2 Å². The second-order valence-electron chi connectivity index (χ2n) is 6.89. The number of nitrogens with zero attached hydrogens (tertiary/aromatic N) is 4. The number of methoxy groups -OCH3 is 1. The van der Waals surface area contributed by atoms with E-state index < -0.39 is 29.2 Å². The summed E-state index contributed by atoms with van der Waals surface area (Å²) in [6, 6.07) is 6.15. The number of ether oxygens (including phenoxy) is 1. The zero-order valence-electron chi connectivity index (χ0n) is 17.2. The van der Waals surface area contributed by atoms with Gasteiger partial charge in [0, 0.05) is 11.8 Å². The number of aromatic nitrogens is 4. The van der Waals surface area contributed by atoms with Gasteiger partial charge in [-0.15, -0.1) is 5.10 Å². The average molecular weight is 435 g/mol. The number of aryl methyl sites for hydroxylation is 2. The number of hydrogen-bond acceptors (Lipinski definition) is 5. The third-order valence-corrected chi connectivity index (χ3v) is 4.57. The van der Waals surface area contributed by atoms with Crippen molar-refractivity contribution in [3.8, 4) is 11.6 Å². The molecule has 0 spiro atoms. The molecule has 3 rings (SSSR count). The summed E-state index contributed by atoms with van der Waals surface area (Å²) in [6.45, 7) is 5.03. The Kier molecular flexibility index (Phi) is 5.87. The third-order valence-electron chi connectivity index (χ3n) is 4.57. The molecule has 3 aromatic rings. The van der Waals surface area contributed by atoms with Crippen molar-refractivity contribution >= 4 is 11.6 Å². The normalized spacial score (nSPS) is 12.5. The maximum absolute atomic E-state index is 13.0. The van der Waals surface area contributed by atoms with Crippen LogP contribution < -0.4 is 15.6 Å². The summed E-state index contributed by atoms with van der Waals surface area (Å²) in [6.07, 6.45) is -4.59. The van der Waals surface area contributed by atoms with Crippen molar-refractivity contribution < 1.29 is 22.7 Å². The van der Waals surface area contributed by atoms with Crippen molar-refractivity contribution in [2.24, 2.45) is 0 Å². The predicted molar refractivity (Wildman–Crippen MR) is 106 cm³/mol. The molecule has 2 aromatic heterocycles. The molecule has 0 bridgehead atoms. The quantitative estimate of drug-likeness (QED) is 0.664. The first-order valence-corrected chi connectivity index (χ1v) is 9.21. The molecule has 0 saturated heterocycles. The van der Waals surface area contributed by atoms with E-state index in [0.29, 0.717) is 5.82 Å². The number of rotatable bonds is 5. The van der Waals surface area contributed by atoms with E-state index in [0.717, 1.165) is 34.3 Å². The van der Waals surface area contributed by atoms with Gasteiger partial charge in [-0.1, -0.05) is 0 Å². The number of alkyl halides is 3. The molecule has 164 valence electrons. The lowest BCUT2D eigenvalue weighted by atomic mass is 10.1. The summed E-state index contributed by atoms with van der Waals surface area (Å²) in [5.41, 5.74) is -0.139. The van der Waals surface area contributed by atoms with Gasteiger partial charge in [-0.3, -0.25) is 9.59 Å². The Bertz CT molecular complexity index is 1180. The Balaban J connectivity index is 1.93. The molecule has 1 aromatic carbocycles. The zero-order valence-corrected chi connectivity index (χ0v) is 17.2. The number of benzene rings is 1. The van der Waals surface area contributed by atoms with Crippen LogP contribution in [0, 0.1) is 13.8 Å². The highest BCUT2D eigenvalue weighted by molar-refractivity contribution is 5.94. The number of halogens is 3. The molecule has 2 heterocycles. The molecule has 31 heavy (non-hydrogen) atoms. The van der Waals surface area contributed by atoms with E-state index in [1.54, 1.807) is 6.92 Å². The van der Waals surface area contributed by atoms with Gasteiger partial charge in [0.05, 0.1) is 24.1 Å². The number of carbonyl (C=O) groups excluding carboxylic acids is 1. The van der Waals surface area contributed by atoms with Gasteiger partial charge in [0.1, 0.15) is 11.8 Å². The number of anilines is 1. The van der Waals surface area contributed by atoms with E-state index in [1.165, 1.54) is 30.8 Å². The van der Waals surface area contributed by atoms with Crippen LogP contribution >= 0.6 is 0 Å². The van der Waals surface area contributed by atoms with Crippen molar-refractivity contribution in [3.63, 3.8) is 0 Å². The van der Waals surface area contributed by atoms with Gasteiger partial charge < -0.3 is 10.1 Å². The molecule has 1 unspecified atom stereocenters. The maximum Gasteiger partial charge on any atom is 0.416 e. The standard InChI is InChI=1S/C20H20F3N5O3/c1-11-9-12(2)27(25-11)17-7-8-18(29)28(26-17)13(3)19(30)24-15-10-14(20(21,22)23)5-6-16(15)31-4/h5-10,13H,1-4H3,(H,24,30). The molecule has 8 nitrogen and oxygen atoms in total. The maximum atomic E-state index is 13.0. The van der Waals surface area contributed by atoms with Crippen molar-refractivity contribution in [2.75, 3.05) is 12.4 Å². The summed E-state index contributed by atoms with van der Waals surface area (Å²) < 4.78 is 46.6. The molecular weight excluding hydrogens is 415 g/mol. The molecule has 0 radical (unpaired) electrons. The number of hydrogen-bond donors (Lipinski definition) is 1. The van der Waals surface area contributed by atoms with Gasteiger partial charge >= 0.3 is 6.18 Å². The first kappa shape index (κ1) is 22.1. The number of carbonyl (C=O) groups is 1. The first-order chi connectivity index (χ1) is 14.5. The molecule has 11 heteroatoms. The van der Waals surface area contributed by atoms with Crippen LogP contribution in [-0.4, -0.2) is 32.6 Å². The van der Waals surface area contributed by atoms with Crippen LogP contribution in [0.2, 0.25) is 0 Å². The average Bonchev–Trinajstić information content (AvgIpc) is 3.05. The summed E-state index contributed by atoms with van der Waals surface area (Å²) in [4.78, 5) is 25.1. The second kappa shape index (κ2) is 8.25. The third kappa shape index (κ3) is 4.60. The fourth-order valence-electron chi connectivity index (χ4n) is 3.00. The van der Waals surface area contributed by atoms with Crippen molar-refractivity contribution in [1.29, 1.82) is 0 Å². The Hall–Kier alpha value is -3.63. The number of nitrogens with one attached hydrogen (secondary N) is 1. The van der Waals surface area contributed by atoms with Crippen LogP contribution in [-0.2, 0) is 11.0 Å². The van der Waals surface area contributed by atoms with Crippen molar-refractivity contribution in [3.05, 3.63) is 63.7 Å². The van der Waals surface area contributed by atoms with E-state index in [1.807, 2.05) is 13.0 Å². The molecule has 0 aliphatic heterocycles. The van der Waals surface area contributed by atoms with E-state index in [4.69, 9.17) is 4.74 Å². The summed E-state index contributed by atoms with van der Waals surface area (Å²) in [7, 11) is 1.27. The fourth-order valence-corrected chi connectivity index (χ4v) is 3.00. The Morgan fingerprint density at radius 2 is 1.84 bits per heavy atom. The molecule has 0 aliphatic rings. The highest BCUT2D eigenvalue weighted by atomic mass is 19.4. The van der Waals surface area contributed by atoms with Crippen molar-refractivity contribution in [2.45, 2.75) is 33.0 Å². The Morgan fingerprint density at radius 1 is 1.13 bits per heavy atom. The summed E-state index contributed by atoms with van der Waals surface area (Å²) >= 11 is 0. The van der Waals surface area contributed by atoms with Crippen LogP contribution in [0.4, 0.5) is 18.9 Å². The lowest BCUT2D eigenvalue weighted by molar-refractivity contribution is -0.137. The van der Waals surface area contributed by atoms with Crippen LogP contribution in [0.1, 0.15) is 29.9 Å². The molecule has 1 amide bonds. The topological polar surface area (TPSA) is 91.0 Å². The minimum Gasteiger partial charge on any atom is -0.495 e. The first-order valence-electron chi connectivity index (χ1n) is 9.21. The largest absolute Gasteiger partial charge is 0.495 e. The van der Waals surface area contributed by atoms with Gasteiger partial charge in [-0.2, -0.15) is 18.3 Å². The second-order valence-corrected chi connectivity index (χ2v) is 6.89. The lowest BCUT2D eigenvalue weighted by Crippen LogP contribution is -2.34. The molecule has 1 atom stereocenters. The van der Waals surface area contributed by atoms with E-state index in [-0.39, 0.29) is 11.4 Å². The highest BCUT2D eigenvalue weighted by Crippen LogP contribution is 2.35. The highest BCUT2D eigenvalue weighted by Gasteiger charge is 2.31. The van der Waals surface area contributed by atoms with Gasteiger partial charge in [0.15, 0.2) is 5.82 Å². The zero-order chi connectivity index (χ0) is 22.9. The molecule has 0 saturated carbocycles. The molecule has 1 N–H and O–H groups in total. The van der Waals surface area contributed by atoms with Gasteiger partial charge in [-0.25, -0.2) is 9.36 Å². The minimum absolute atomic E-state index is 0.0465. The van der Waals surface area contributed by atoms with Crippen molar-refractivity contribution in [1.82, 2.24) is 19.6 Å². The Labute approximate surface area is 175 Å². The number of amides is 1. The van der Waals surface area contributed by atoms with Gasteiger partial charge in [0.25, 0.3) is 5.56 Å². The Morgan fingerprint density at radius 3 is 2.42 bits per heavy atom. The van der Waals surface area contributed by atoms with E-state index >= 15 is 0 Å². The van der Waals surface area contributed by atoms with Crippen LogP contribution in [0.3, 0.4) is 0 Å². The fraction of sp³-hybridized carbons (Fsp3) is 0.300. The van der Waals surface area contributed by atoms with Gasteiger partial charge in [0.2, 0.25) is 5.91 Å². The molecular formula is C20H20F3N5O3. The molecule has 0 aliphatic carbocycles. The minimum atomic E-state index is -4.59. The molecule has 0 fully saturated rings. The van der Waals surface area contributed by atoms with Gasteiger partial charge in [-0.05, 0) is 51.1 Å². The SMILES string of the molecule is COc1ccc(C(F)(F)F)cc1NC(=O)C(C)n1nc(-n2nc(C)cc2C)ccc1=O. The summed E-state index contributed by atoms with van der Waals surface area (Å²) in [5, 5.41) is 10.9. The summed E-state index contributed by atoms with van der Waals surface area (Å²) in [5.74, 6) is -0.371. The predicted octanol–water partition coefficient (Wildman–Crippen LogP) is 3.27. The van der Waals surface area contributed by atoms with E-state index in [2.05, 4.69) is 15.5 Å². The smallest absolute Gasteiger partial charge is 0.416 e. The lowest BCUT2D eigenvalue weighted by Gasteiger charge is -2.17. The monoisotopic (exact) mass is 435 g/mol. The van der Waals surface area contributed by atoms with Crippen LogP contribution in [0.25, 0.3) is 5.82 Å². The van der Waals surface area contributed by atoms with E-state index in [9.17, 15) is 22.8 Å².